The van der Waals surface area contributed by atoms with Gasteiger partial charge in [0.2, 0.25) is 5.91 Å². The molecule has 0 radical (unpaired) electrons. The molecule has 1 rings (SSSR count). The third kappa shape index (κ3) is 3.98. The van der Waals surface area contributed by atoms with E-state index in [2.05, 4.69) is 15.6 Å². The molecule has 1 aromatic heterocycles. The Bertz CT molecular complexity index is 375. The molecule has 0 aliphatic heterocycles. The number of rotatable bonds is 4. The molecule has 16 heavy (non-hydrogen) atoms. The maximum Gasteiger partial charge on any atom is 0.238 e. The predicted octanol–water partition coefficient (Wildman–Crippen LogP) is 1.63. The Balaban J connectivity index is 2.56. The van der Waals surface area contributed by atoms with Crippen LogP contribution in [-0.4, -0.2) is 23.5 Å². The van der Waals surface area contributed by atoms with Gasteiger partial charge < -0.3 is 10.6 Å². The van der Waals surface area contributed by atoms with Gasteiger partial charge in [0.25, 0.3) is 0 Å². The van der Waals surface area contributed by atoms with Crippen molar-refractivity contribution < 1.29 is 4.79 Å². The number of aromatic nitrogens is 1. The minimum atomic E-state index is -0.0394. The lowest BCUT2D eigenvalue weighted by Gasteiger charge is -2.10. The zero-order chi connectivity index (χ0) is 12.1. The van der Waals surface area contributed by atoms with E-state index in [0.717, 1.165) is 17.1 Å². The molecule has 1 heterocycles. The van der Waals surface area contributed by atoms with Crippen LogP contribution in [0, 0.1) is 13.8 Å². The molecule has 1 amide bonds. The van der Waals surface area contributed by atoms with E-state index in [1.54, 1.807) is 0 Å². The van der Waals surface area contributed by atoms with Crippen LogP contribution < -0.4 is 10.6 Å². The second-order valence-corrected chi connectivity index (χ2v) is 4.17. The Kier molecular flexibility index (Phi) is 4.43. The number of hydrogen-bond donors (Lipinski definition) is 2. The van der Waals surface area contributed by atoms with Crippen molar-refractivity contribution in [1.82, 2.24) is 10.3 Å². The summed E-state index contributed by atoms with van der Waals surface area (Å²) in [6, 6.07) is 4.08. The van der Waals surface area contributed by atoms with Crippen LogP contribution >= 0.6 is 0 Å². The van der Waals surface area contributed by atoms with Crippen LogP contribution in [0.25, 0.3) is 0 Å². The zero-order valence-corrected chi connectivity index (χ0v) is 10.3. The summed E-state index contributed by atoms with van der Waals surface area (Å²) in [5.74, 6) is -0.0394. The topological polar surface area (TPSA) is 54.0 Å². The van der Waals surface area contributed by atoms with Gasteiger partial charge in [0, 0.05) is 11.7 Å². The van der Waals surface area contributed by atoms with Crippen molar-refractivity contribution >= 4 is 11.6 Å². The number of aryl methyl sites for hydroxylation is 2. The number of nitrogens with zero attached hydrogens (tertiary/aromatic N) is 1. The van der Waals surface area contributed by atoms with Crippen LogP contribution in [0.1, 0.15) is 25.2 Å². The van der Waals surface area contributed by atoms with E-state index in [-0.39, 0.29) is 5.91 Å². The first kappa shape index (κ1) is 12.6. The summed E-state index contributed by atoms with van der Waals surface area (Å²) in [6.07, 6.45) is 0. The van der Waals surface area contributed by atoms with Crippen LogP contribution in [0.2, 0.25) is 0 Å². The first-order chi connectivity index (χ1) is 7.49. The van der Waals surface area contributed by atoms with E-state index in [4.69, 9.17) is 0 Å². The highest BCUT2D eigenvalue weighted by molar-refractivity contribution is 5.92. The van der Waals surface area contributed by atoms with Gasteiger partial charge in [0.15, 0.2) is 0 Å². The first-order valence-electron chi connectivity index (χ1n) is 5.46. The van der Waals surface area contributed by atoms with Gasteiger partial charge in [0.05, 0.1) is 17.9 Å². The van der Waals surface area contributed by atoms with Crippen molar-refractivity contribution in [2.45, 2.75) is 33.7 Å². The number of hydrogen-bond acceptors (Lipinski definition) is 3. The van der Waals surface area contributed by atoms with Crippen molar-refractivity contribution in [1.29, 1.82) is 0 Å². The lowest BCUT2D eigenvalue weighted by Crippen LogP contribution is -2.32. The first-order valence-corrected chi connectivity index (χ1v) is 5.46. The highest BCUT2D eigenvalue weighted by Crippen LogP contribution is 2.11. The Hall–Kier alpha value is -1.42. The van der Waals surface area contributed by atoms with Crippen molar-refractivity contribution in [3.63, 3.8) is 0 Å². The van der Waals surface area contributed by atoms with Gasteiger partial charge >= 0.3 is 0 Å². The van der Waals surface area contributed by atoms with Crippen molar-refractivity contribution in [3.8, 4) is 0 Å². The van der Waals surface area contributed by atoms with E-state index in [1.165, 1.54) is 0 Å². The minimum Gasteiger partial charge on any atom is -0.323 e. The summed E-state index contributed by atoms with van der Waals surface area (Å²) in [6.45, 7) is 8.15. The number of amides is 1. The molecule has 0 spiro atoms. The molecule has 0 atom stereocenters. The van der Waals surface area contributed by atoms with Crippen LogP contribution in [-0.2, 0) is 4.79 Å². The normalized spacial score (nSPS) is 10.6. The summed E-state index contributed by atoms with van der Waals surface area (Å²) >= 11 is 0. The Morgan fingerprint density at radius 1 is 1.38 bits per heavy atom. The fraction of sp³-hybridized carbons (Fsp3) is 0.500. The number of carbonyl (C=O) groups excluding carboxylic acids is 1. The molecular formula is C12H19N3O. The van der Waals surface area contributed by atoms with Gasteiger partial charge in [-0.25, -0.2) is 0 Å². The lowest BCUT2D eigenvalue weighted by molar-refractivity contribution is -0.115. The number of pyridine rings is 1. The largest absolute Gasteiger partial charge is 0.323 e. The van der Waals surface area contributed by atoms with Gasteiger partial charge in [-0.1, -0.05) is 13.8 Å². The van der Waals surface area contributed by atoms with Crippen molar-refractivity contribution in [2.24, 2.45) is 0 Å². The SMILES string of the molecule is Cc1ccc(NC(=O)CNC(C)C)c(C)n1. The second kappa shape index (κ2) is 5.61. The van der Waals surface area contributed by atoms with Gasteiger partial charge in [-0.15, -0.1) is 0 Å². The van der Waals surface area contributed by atoms with Crippen molar-refractivity contribution in [3.05, 3.63) is 23.5 Å². The molecule has 0 fully saturated rings. The second-order valence-electron chi connectivity index (χ2n) is 4.17. The average molecular weight is 221 g/mol. The molecule has 1 aromatic rings. The quantitative estimate of drug-likeness (QED) is 0.812. The van der Waals surface area contributed by atoms with Crippen LogP contribution in [0.5, 0.6) is 0 Å². The molecule has 0 unspecified atom stereocenters. The molecule has 0 aliphatic rings. The fourth-order valence-corrected chi connectivity index (χ4v) is 1.31. The molecule has 4 heteroatoms. The molecule has 0 bridgehead atoms. The molecule has 88 valence electrons. The number of nitrogens with one attached hydrogen (secondary N) is 2. The number of anilines is 1. The summed E-state index contributed by atoms with van der Waals surface area (Å²) < 4.78 is 0. The molecular weight excluding hydrogens is 202 g/mol. The molecule has 4 nitrogen and oxygen atoms in total. The molecule has 0 aliphatic carbocycles. The standard InChI is InChI=1S/C12H19N3O/c1-8(2)13-7-12(16)15-11-6-5-9(3)14-10(11)4/h5-6,8,13H,7H2,1-4H3,(H,15,16). The van der Waals surface area contributed by atoms with Crippen LogP contribution in [0.3, 0.4) is 0 Å². The van der Waals surface area contributed by atoms with E-state index < -0.39 is 0 Å². The average Bonchev–Trinajstić information content (AvgIpc) is 2.19. The maximum atomic E-state index is 11.6. The fourth-order valence-electron chi connectivity index (χ4n) is 1.31. The summed E-state index contributed by atoms with van der Waals surface area (Å²) in [5.41, 5.74) is 2.58. The predicted molar refractivity (Wildman–Crippen MR) is 65.5 cm³/mol. The third-order valence-electron chi connectivity index (χ3n) is 2.17. The highest BCUT2D eigenvalue weighted by Gasteiger charge is 2.05. The minimum absolute atomic E-state index is 0.0394. The zero-order valence-electron chi connectivity index (χ0n) is 10.3. The number of carbonyl (C=O) groups is 1. The Labute approximate surface area is 96.5 Å². The summed E-state index contributed by atoms with van der Waals surface area (Å²) in [7, 11) is 0. The lowest BCUT2D eigenvalue weighted by atomic mass is 10.2. The van der Waals surface area contributed by atoms with Gasteiger partial charge in [-0.3, -0.25) is 9.78 Å². The smallest absolute Gasteiger partial charge is 0.238 e. The van der Waals surface area contributed by atoms with E-state index >= 15 is 0 Å². The molecule has 0 aromatic carbocycles. The van der Waals surface area contributed by atoms with Crippen LogP contribution in [0.15, 0.2) is 12.1 Å². The third-order valence-corrected chi connectivity index (χ3v) is 2.17. The van der Waals surface area contributed by atoms with E-state index in [1.807, 2.05) is 39.8 Å². The monoisotopic (exact) mass is 221 g/mol. The summed E-state index contributed by atoms with van der Waals surface area (Å²) in [4.78, 5) is 15.8. The molecule has 0 saturated heterocycles. The highest BCUT2D eigenvalue weighted by atomic mass is 16.1. The molecule has 2 N–H and O–H groups in total. The summed E-state index contributed by atoms with van der Waals surface area (Å²) in [5, 5.41) is 5.89. The Morgan fingerprint density at radius 2 is 2.06 bits per heavy atom. The van der Waals surface area contributed by atoms with E-state index in [9.17, 15) is 4.79 Å². The van der Waals surface area contributed by atoms with Gasteiger partial charge in [-0.05, 0) is 26.0 Å². The maximum absolute atomic E-state index is 11.6. The van der Waals surface area contributed by atoms with Gasteiger partial charge in [0.1, 0.15) is 0 Å². The Morgan fingerprint density at radius 3 is 2.62 bits per heavy atom. The molecule has 0 saturated carbocycles. The van der Waals surface area contributed by atoms with E-state index in [0.29, 0.717) is 12.6 Å². The van der Waals surface area contributed by atoms with Crippen molar-refractivity contribution in [2.75, 3.05) is 11.9 Å². The van der Waals surface area contributed by atoms with Crippen LogP contribution in [0.4, 0.5) is 5.69 Å². The van der Waals surface area contributed by atoms with Gasteiger partial charge in [-0.2, -0.15) is 0 Å².